The first-order chi connectivity index (χ1) is 22.5. The van der Waals surface area contributed by atoms with Gasteiger partial charge in [0.05, 0.1) is 39.3 Å². The van der Waals surface area contributed by atoms with E-state index in [9.17, 15) is 57.7 Å². The zero-order valence-corrected chi connectivity index (χ0v) is 24.6. The second kappa shape index (κ2) is 12.2. The summed E-state index contributed by atoms with van der Waals surface area (Å²) in [5.41, 5.74) is 2.65. The Morgan fingerprint density at radius 1 is 0.604 bits per heavy atom. The molecule has 48 heavy (non-hydrogen) atoms. The molecule has 0 heterocycles. The van der Waals surface area contributed by atoms with E-state index in [1.54, 1.807) is 0 Å². The lowest BCUT2D eigenvalue weighted by atomic mass is 9.98. The standard InChI is InChI=1S/C30H19N5O12S/c31-15-2-1-12-8-24(48(45,46)47)25(26(36)17(12)9-15)35-34-23-4-3-22(18-10-20(29(41)42)21(30(43)44)11-19(18)23)33-32-16-6-13(27(37)38)5-14(7-16)28(39)40/h1-11,36H,31H2,(H,37,38)(H,39,40)(H,41,42)(H,43,44)(H,45,46,47)/b33-32+,35-34+. The predicted molar refractivity (Wildman–Crippen MR) is 166 cm³/mol. The Kier molecular flexibility index (Phi) is 8.28. The Morgan fingerprint density at radius 2 is 1.12 bits per heavy atom. The fourth-order valence-corrected chi connectivity index (χ4v) is 5.33. The van der Waals surface area contributed by atoms with Crippen LogP contribution in [0.3, 0.4) is 0 Å². The first kappa shape index (κ1) is 32.6. The van der Waals surface area contributed by atoms with Crippen molar-refractivity contribution < 1.29 is 57.7 Å². The molecule has 0 radical (unpaired) electrons. The number of anilines is 1. The summed E-state index contributed by atoms with van der Waals surface area (Å²) in [5.74, 6) is -6.85. The summed E-state index contributed by atoms with van der Waals surface area (Å²) in [7, 11) is -4.98. The Labute approximate surface area is 267 Å². The molecule has 0 atom stereocenters. The van der Waals surface area contributed by atoms with Crippen molar-refractivity contribution in [1.82, 2.24) is 0 Å². The van der Waals surface area contributed by atoms with Gasteiger partial charge in [-0.15, -0.1) is 15.3 Å². The summed E-state index contributed by atoms with van der Waals surface area (Å²) in [6, 6.07) is 12.5. The van der Waals surface area contributed by atoms with Gasteiger partial charge in [-0.1, -0.05) is 6.07 Å². The normalized spacial score (nSPS) is 11.9. The van der Waals surface area contributed by atoms with E-state index >= 15 is 0 Å². The highest BCUT2D eigenvalue weighted by Crippen LogP contribution is 2.43. The van der Waals surface area contributed by atoms with E-state index in [1.807, 2.05) is 0 Å². The van der Waals surface area contributed by atoms with E-state index in [2.05, 4.69) is 20.5 Å². The molecular formula is C30H19N5O12S. The van der Waals surface area contributed by atoms with Crippen LogP contribution in [0, 0.1) is 0 Å². The summed E-state index contributed by atoms with van der Waals surface area (Å²) >= 11 is 0. The van der Waals surface area contributed by atoms with E-state index in [1.165, 1.54) is 30.3 Å². The van der Waals surface area contributed by atoms with Crippen molar-refractivity contribution in [2.45, 2.75) is 4.90 Å². The Morgan fingerprint density at radius 3 is 1.60 bits per heavy atom. The highest BCUT2D eigenvalue weighted by molar-refractivity contribution is 7.86. The number of nitrogens with zero attached hydrogens (tertiary/aromatic N) is 4. The van der Waals surface area contributed by atoms with Crippen LogP contribution >= 0.6 is 0 Å². The predicted octanol–water partition coefficient (Wildman–Crippen LogP) is 6.15. The van der Waals surface area contributed by atoms with Crippen molar-refractivity contribution in [3.63, 3.8) is 0 Å². The minimum atomic E-state index is -4.98. The van der Waals surface area contributed by atoms with Gasteiger partial charge in [-0.05, 0) is 66.0 Å². The molecule has 0 aliphatic heterocycles. The van der Waals surface area contributed by atoms with Crippen molar-refractivity contribution in [3.8, 4) is 5.75 Å². The zero-order chi connectivity index (χ0) is 35.1. The number of nitrogen functional groups attached to an aromatic ring is 1. The topological polar surface area (TPSA) is 299 Å². The van der Waals surface area contributed by atoms with Crippen LogP contribution in [0.5, 0.6) is 5.75 Å². The summed E-state index contributed by atoms with van der Waals surface area (Å²) in [5, 5.41) is 64.9. The molecule has 5 aromatic rings. The molecule has 5 rings (SSSR count). The molecular weight excluding hydrogens is 654 g/mol. The second-order valence-electron chi connectivity index (χ2n) is 9.96. The molecule has 0 aromatic heterocycles. The molecule has 0 aliphatic rings. The number of fused-ring (bicyclic) bond motifs is 2. The van der Waals surface area contributed by atoms with Gasteiger partial charge in [-0.25, -0.2) is 19.2 Å². The third-order valence-electron chi connectivity index (χ3n) is 6.87. The molecule has 0 saturated heterocycles. The number of nitrogens with two attached hydrogens (primary N) is 1. The van der Waals surface area contributed by atoms with Crippen LogP contribution < -0.4 is 5.73 Å². The van der Waals surface area contributed by atoms with Crippen LogP contribution in [0.2, 0.25) is 0 Å². The number of benzene rings is 5. The highest BCUT2D eigenvalue weighted by atomic mass is 32.2. The van der Waals surface area contributed by atoms with Gasteiger partial charge in [-0.2, -0.15) is 13.5 Å². The van der Waals surface area contributed by atoms with Gasteiger partial charge in [-0.3, -0.25) is 4.55 Å². The largest absolute Gasteiger partial charge is 0.505 e. The Hall–Kier alpha value is -6.79. The number of phenols is 1. The number of aromatic hydroxyl groups is 1. The number of carboxylic acids is 4. The maximum Gasteiger partial charge on any atom is 0.336 e. The van der Waals surface area contributed by atoms with E-state index in [-0.39, 0.29) is 44.3 Å². The fraction of sp³-hybridized carbons (Fsp3) is 0. The maximum atomic E-state index is 12.2. The number of hydrogen-bond acceptors (Lipinski definition) is 12. The van der Waals surface area contributed by atoms with Crippen LogP contribution in [0.15, 0.2) is 92.1 Å². The SMILES string of the molecule is Nc1ccc2cc(S(=O)(=O)O)c(/N=N/c3ccc(/N=N/c4cc(C(=O)O)cc(C(=O)O)c4)c4cc(C(=O)O)c(C(=O)O)cc34)c(O)c2c1. The lowest BCUT2D eigenvalue weighted by molar-refractivity contribution is 0.0652. The van der Waals surface area contributed by atoms with Crippen LogP contribution in [-0.4, -0.2) is 62.4 Å². The minimum Gasteiger partial charge on any atom is -0.505 e. The first-order valence-corrected chi connectivity index (χ1v) is 14.5. The molecule has 0 bridgehead atoms. The molecule has 8 N–H and O–H groups in total. The molecule has 0 saturated carbocycles. The van der Waals surface area contributed by atoms with Crippen LogP contribution in [0.4, 0.5) is 28.4 Å². The highest BCUT2D eigenvalue weighted by Gasteiger charge is 2.23. The molecule has 242 valence electrons. The van der Waals surface area contributed by atoms with Gasteiger partial charge >= 0.3 is 23.9 Å². The van der Waals surface area contributed by atoms with Crippen molar-refractivity contribution in [2.75, 3.05) is 5.73 Å². The average Bonchev–Trinajstić information content (AvgIpc) is 3.02. The van der Waals surface area contributed by atoms with E-state index in [0.29, 0.717) is 0 Å². The molecule has 5 aromatic carbocycles. The minimum absolute atomic E-state index is 0.0641. The van der Waals surface area contributed by atoms with Crippen LogP contribution in [0.25, 0.3) is 21.5 Å². The van der Waals surface area contributed by atoms with Crippen molar-refractivity contribution in [1.29, 1.82) is 0 Å². The van der Waals surface area contributed by atoms with Crippen molar-refractivity contribution in [3.05, 3.63) is 89.0 Å². The Balaban J connectivity index is 1.74. The number of hydrogen-bond donors (Lipinski definition) is 7. The lowest BCUT2D eigenvalue weighted by Gasteiger charge is -2.11. The van der Waals surface area contributed by atoms with Gasteiger partial charge in [0.25, 0.3) is 10.1 Å². The van der Waals surface area contributed by atoms with E-state index in [0.717, 1.165) is 36.4 Å². The first-order valence-electron chi connectivity index (χ1n) is 13.1. The van der Waals surface area contributed by atoms with Gasteiger partial charge in [0.15, 0.2) is 5.75 Å². The van der Waals surface area contributed by atoms with Crippen LogP contribution in [-0.2, 0) is 10.1 Å². The van der Waals surface area contributed by atoms with Crippen molar-refractivity contribution >= 4 is 84.0 Å². The number of carboxylic acid groups (broad SMARTS) is 4. The van der Waals surface area contributed by atoms with Crippen LogP contribution in [0.1, 0.15) is 41.4 Å². The Bertz CT molecular complexity index is 2390. The van der Waals surface area contributed by atoms with E-state index in [4.69, 9.17) is 5.73 Å². The molecule has 17 nitrogen and oxygen atoms in total. The smallest absolute Gasteiger partial charge is 0.336 e. The van der Waals surface area contributed by atoms with Gasteiger partial charge in [0.2, 0.25) is 0 Å². The quantitative estimate of drug-likeness (QED) is 0.0525. The number of carbonyl (C=O) groups is 4. The number of phenolic OH excluding ortho intramolecular Hbond substituents is 1. The van der Waals surface area contributed by atoms with Gasteiger partial charge < -0.3 is 31.3 Å². The third-order valence-corrected chi connectivity index (χ3v) is 7.73. The number of rotatable bonds is 9. The summed E-state index contributed by atoms with van der Waals surface area (Å²) in [6.07, 6.45) is 0. The second-order valence-corrected chi connectivity index (χ2v) is 11.4. The molecule has 18 heteroatoms. The molecule has 0 aliphatic carbocycles. The fourth-order valence-electron chi connectivity index (χ4n) is 4.67. The molecule has 0 amide bonds. The monoisotopic (exact) mass is 673 g/mol. The summed E-state index contributed by atoms with van der Waals surface area (Å²) in [6.45, 7) is 0. The summed E-state index contributed by atoms with van der Waals surface area (Å²) < 4.78 is 34.3. The summed E-state index contributed by atoms with van der Waals surface area (Å²) in [4.78, 5) is 46.1. The molecule has 0 unspecified atom stereocenters. The molecule has 0 fully saturated rings. The van der Waals surface area contributed by atoms with Gasteiger partial charge in [0.1, 0.15) is 10.6 Å². The maximum absolute atomic E-state index is 12.2. The number of aromatic carboxylic acids is 4. The number of azo groups is 2. The van der Waals surface area contributed by atoms with Gasteiger partial charge in [0, 0.05) is 21.8 Å². The van der Waals surface area contributed by atoms with E-state index < -0.39 is 72.6 Å². The third kappa shape index (κ3) is 6.32. The zero-order valence-electron chi connectivity index (χ0n) is 23.8. The lowest BCUT2D eigenvalue weighted by Crippen LogP contribution is -2.08. The van der Waals surface area contributed by atoms with Crippen molar-refractivity contribution in [2.24, 2.45) is 20.5 Å². The molecule has 0 spiro atoms. The average molecular weight is 674 g/mol.